The number of hydrogen-bond donors (Lipinski definition) is 1. The zero-order chi connectivity index (χ0) is 11.1. The maximum atomic E-state index is 5.45. The molecule has 0 aliphatic carbocycles. The molecule has 2 fully saturated rings. The summed E-state index contributed by atoms with van der Waals surface area (Å²) >= 11 is 0. The first-order valence-corrected chi connectivity index (χ1v) is 6.35. The summed E-state index contributed by atoms with van der Waals surface area (Å²) in [6.07, 6.45) is 1.13. The van der Waals surface area contributed by atoms with Crippen molar-refractivity contribution >= 4 is 0 Å². The molecule has 90 valence electrons. The third-order valence-corrected chi connectivity index (χ3v) is 3.02. The highest BCUT2D eigenvalue weighted by Gasteiger charge is 2.46. The fourth-order valence-corrected chi connectivity index (χ4v) is 2.20. The van der Waals surface area contributed by atoms with Crippen LogP contribution in [0.15, 0.2) is 0 Å². The second-order valence-corrected chi connectivity index (χ2v) is 4.43. The molecule has 0 aromatic carbocycles. The fourth-order valence-electron chi connectivity index (χ4n) is 2.20. The topological polar surface area (TPSA) is 24.5 Å². The van der Waals surface area contributed by atoms with E-state index >= 15 is 0 Å². The molecule has 2 rings (SSSR count). The van der Waals surface area contributed by atoms with Gasteiger partial charge in [0.05, 0.1) is 6.61 Å². The molecule has 2 heterocycles. The first kappa shape index (κ1) is 12.9. The molecule has 0 aromatic rings. The summed E-state index contributed by atoms with van der Waals surface area (Å²) in [7, 11) is 0. The van der Waals surface area contributed by atoms with Crippen LogP contribution in [0.3, 0.4) is 0 Å². The Balaban J connectivity index is 0.000000531. The van der Waals surface area contributed by atoms with E-state index in [1.165, 1.54) is 26.2 Å². The molecule has 2 saturated heterocycles. The van der Waals surface area contributed by atoms with Gasteiger partial charge in [0.25, 0.3) is 0 Å². The van der Waals surface area contributed by atoms with Crippen molar-refractivity contribution in [1.29, 1.82) is 0 Å². The van der Waals surface area contributed by atoms with Gasteiger partial charge in [-0.15, -0.1) is 0 Å². The van der Waals surface area contributed by atoms with E-state index in [0.717, 1.165) is 26.2 Å². The zero-order valence-corrected chi connectivity index (χ0v) is 10.5. The molecule has 0 atom stereocenters. The summed E-state index contributed by atoms with van der Waals surface area (Å²) in [5.41, 5.74) is 0.671. The van der Waals surface area contributed by atoms with Gasteiger partial charge in [-0.05, 0) is 6.42 Å². The number of nitrogens with one attached hydrogen (secondary N) is 1. The lowest BCUT2D eigenvalue weighted by Gasteiger charge is -2.56. The van der Waals surface area contributed by atoms with E-state index in [4.69, 9.17) is 4.74 Å². The minimum absolute atomic E-state index is 0.671. The molecule has 0 saturated carbocycles. The van der Waals surface area contributed by atoms with Crippen molar-refractivity contribution < 1.29 is 4.74 Å². The Labute approximate surface area is 94.2 Å². The molecular formula is C12H26N2O. The largest absolute Gasteiger partial charge is 0.380 e. The van der Waals surface area contributed by atoms with E-state index in [9.17, 15) is 0 Å². The summed E-state index contributed by atoms with van der Waals surface area (Å²) in [6, 6.07) is 0. The minimum atomic E-state index is 0.671. The second-order valence-electron chi connectivity index (χ2n) is 4.43. The Morgan fingerprint density at radius 2 is 1.87 bits per heavy atom. The third kappa shape index (κ3) is 3.44. The maximum absolute atomic E-state index is 5.45. The number of rotatable bonds is 5. The molecular weight excluding hydrogens is 188 g/mol. The normalized spacial score (nSPS) is 22.6. The molecule has 3 nitrogen and oxygen atoms in total. The molecule has 2 aliphatic rings. The van der Waals surface area contributed by atoms with Gasteiger partial charge < -0.3 is 10.1 Å². The van der Waals surface area contributed by atoms with Gasteiger partial charge in [-0.25, -0.2) is 0 Å². The average Bonchev–Trinajstić information content (AvgIpc) is 2.15. The van der Waals surface area contributed by atoms with Crippen molar-refractivity contribution in [3.05, 3.63) is 0 Å². The standard InChI is InChI=1S/C10H20N2O.C2H6/c1-2-4-13-5-3-12-8-10(9-12)6-11-7-10;1-2/h11H,2-9H2,1H3;1-2H3. The molecule has 2 aliphatic heterocycles. The van der Waals surface area contributed by atoms with Crippen LogP contribution in [0.1, 0.15) is 27.2 Å². The third-order valence-electron chi connectivity index (χ3n) is 3.02. The molecule has 0 radical (unpaired) electrons. The van der Waals surface area contributed by atoms with Crippen LogP contribution in [0.5, 0.6) is 0 Å². The van der Waals surface area contributed by atoms with Crippen molar-refractivity contribution in [1.82, 2.24) is 10.2 Å². The van der Waals surface area contributed by atoms with Crippen LogP contribution >= 0.6 is 0 Å². The Morgan fingerprint density at radius 3 is 2.33 bits per heavy atom. The van der Waals surface area contributed by atoms with Crippen molar-refractivity contribution in [3.8, 4) is 0 Å². The van der Waals surface area contributed by atoms with Gasteiger partial charge in [0.2, 0.25) is 0 Å². The van der Waals surface area contributed by atoms with Gasteiger partial charge in [0.1, 0.15) is 0 Å². The van der Waals surface area contributed by atoms with E-state index in [2.05, 4.69) is 17.1 Å². The van der Waals surface area contributed by atoms with E-state index in [-0.39, 0.29) is 0 Å². The van der Waals surface area contributed by atoms with Gasteiger partial charge in [0.15, 0.2) is 0 Å². The van der Waals surface area contributed by atoms with Crippen LogP contribution in [0, 0.1) is 5.41 Å². The lowest BCUT2D eigenvalue weighted by atomic mass is 9.74. The molecule has 15 heavy (non-hydrogen) atoms. The number of nitrogens with zero attached hydrogens (tertiary/aromatic N) is 1. The molecule has 0 amide bonds. The van der Waals surface area contributed by atoms with Crippen LogP contribution < -0.4 is 5.32 Å². The van der Waals surface area contributed by atoms with Crippen LogP contribution in [0.4, 0.5) is 0 Å². The summed E-state index contributed by atoms with van der Waals surface area (Å²) in [4.78, 5) is 2.50. The molecule has 1 N–H and O–H groups in total. The Morgan fingerprint density at radius 1 is 1.20 bits per heavy atom. The summed E-state index contributed by atoms with van der Waals surface area (Å²) < 4.78 is 5.45. The minimum Gasteiger partial charge on any atom is -0.380 e. The second kappa shape index (κ2) is 6.46. The van der Waals surface area contributed by atoms with E-state index in [0.29, 0.717) is 5.41 Å². The number of likely N-dealkylation sites (tertiary alicyclic amines) is 1. The highest BCUT2D eigenvalue weighted by atomic mass is 16.5. The highest BCUT2D eigenvalue weighted by Crippen LogP contribution is 2.33. The average molecular weight is 214 g/mol. The van der Waals surface area contributed by atoms with Gasteiger partial charge in [-0.3, -0.25) is 4.90 Å². The quantitative estimate of drug-likeness (QED) is 0.699. The van der Waals surface area contributed by atoms with Gasteiger partial charge in [-0.1, -0.05) is 20.8 Å². The molecule has 3 heteroatoms. The first-order chi connectivity index (χ1) is 7.35. The number of ether oxygens (including phenoxy) is 1. The SMILES string of the molecule is CC.CCCOCCN1CC2(CNC2)C1. The Kier molecular flexibility index (Phi) is 5.58. The van der Waals surface area contributed by atoms with Crippen LogP contribution in [0.25, 0.3) is 0 Å². The smallest absolute Gasteiger partial charge is 0.0593 e. The van der Waals surface area contributed by atoms with Crippen LogP contribution in [-0.2, 0) is 4.74 Å². The molecule has 0 unspecified atom stereocenters. The number of hydrogen-bond acceptors (Lipinski definition) is 3. The monoisotopic (exact) mass is 214 g/mol. The first-order valence-electron chi connectivity index (χ1n) is 6.35. The molecule has 0 bridgehead atoms. The van der Waals surface area contributed by atoms with Gasteiger partial charge in [-0.2, -0.15) is 0 Å². The Hall–Kier alpha value is -0.120. The molecule has 0 aromatic heterocycles. The van der Waals surface area contributed by atoms with Gasteiger partial charge in [0, 0.05) is 44.7 Å². The molecule has 1 spiro atoms. The highest BCUT2D eigenvalue weighted by molar-refractivity contribution is 5.03. The predicted molar refractivity (Wildman–Crippen MR) is 64.2 cm³/mol. The van der Waals surface area contributed by atoms with E-state index < -0.39 is 0 Å². The van der Waals surface area contributed by atoms with E-state index in [1.54, 1.807) is 0 Å². The summed E-state index contributed by atoms with van der Waals surface area (Å²) in [5.74, 6) is 0. The van der Waals surface area contributed by atoms with Crippen molar-refractivity contribution in [3.63, 3.8) is 0 Å². The van der Waals surface area contributed by atoms with E-state index in [1.807, 2.05) is 13.8 Å². The predicted octanol–water partition coefficient (Wildman–Crippen LogP) is 1.34. The van der Waals surface area contributed by atoms with Crippen LogP contribution in [-0.4, -0.2) is 50.8 Å². The fraction of sp³-hybridized carbons (Fsp3) is 1.00. The van der Waals surface area contributed by atoms with Crippen molar-refractivity contribution in [2.45, 2.75) is 27.2 Å². The maximum Gasteiger partial charge on any atom is 0.0593 e. The Bertz CT molecular complexity index is 161. The zero-order valence-electron chi connectivity index (χ0n) is 10.5. The summed E-state index contributed by atoms with van der Waals surface area (Å²) in [6.45, 7) is 14.2. The van der Waals surface area contributed by atoms with Crippen LogP contribution in [0.2, 0.25) is 0 Å². The van der Waals surface area contributed by atoms with Crippen molar-refractivity contribution in [2.24, 2.45) is 5.41 Å². The lowest BCUT2D eigenvalue weighted by molar-refractivity contribution is -0.0515. The summed E-state index contributed by atoms with van der Waals surface area (Å²) in [5, 5.41) is 3.34. The van der Waals surface area contributed by atoms with Gasteiger partial charge >= 0.3 is 0 Å². The lowest BCUT2D eigenvalue weighted by Crippen LogP contribution is -2.71. The van der Waals surface area contributed by atoms with Crippen molar-refractivity contribution in [2.75, 3.05) is 45.9 Å².